The van der Waals surface area contributed by atoms with E-state index in [0.717, 1.165) is 15.8 Å². The lowest BCUT2D eigenvalue weighted by molar-refractivity contribution is -0.113. The molecule has 21 heavy (non-hydrogen) atoms. The Labute approximate surface area is 125 Å². The Morgan fingerprint density at radius 2 is 2.24 bits per heavy atom. The quantitative estimate of drug-likeness (QED) is 0.697. The molecule has 3 aromatic heterocycles. The van der Waals surface area contributed by atoms with Crippen molar-refractivity contribution >= 4 is 39.4 Å². The molecule has 0 atom stereocenters. The molecule has 0 unspecified atom stereocenters. The number of amides is 1. The van der Waals surface area contributed by atoms with Crippen LogP contribution in [0.3, 0.4) is 0 Å². The average molecular weight is 296 g/mol. The van der Waals surface area contributed by atoms with Crippen LogP contribution in [0.4, 0.5) is 5.82 Å². The molecule has 0 fully saturated rings. The highest BCUT2D eigenvalue weighted by Gasteiger charge is 2.14. The highest BCUT2D eigenvalue weighted by atomic mass is 32.1. The number of carbonyl (C=O) groups is 1. The molecule has 104 valence electrons. The van der Waals surface area contributed by atoms with Crippen molar-refractivity contribution in [2.45, 2.75) is 0 Å². The number of hydrogen-bond donors (Lipinski definition) is 0. The van der Waals surface area contributed by atoms with Crippen molar-refractivity contribution in [3.05, 3.63) is 53.9 Å². The van der Waals surface area contributed by atoms with Crippen LogP contribution in [0, 0.1) is 0 Å². The fraction of sp³-hybridized carbons (Fsp3) is 0.0667. The zero-order valence-corrected chi connectivity index (χ0v) is 12.1. The van der Waals surface area contributed by atoms with E-state index >= 15 is 0 Å². The van der Waals surface area contributed by atoms with Gasteiger partial charge in [-0.3, -0.25) is 14.7 Å². The van der Waals surface area contributed by atoms with E-state index in [9.17, 15) is 4.79 Å². The average Bonchev–Trinajstić information content (AvgIpc) is 3.01. The van der Waals surface area contributed by atoms with Gasteiger partial charge in [0, 0.05) is 25.5 Å². The molecule has 0 saturated carbocycles. The summed E-state index contributed by atoms with van der Waals surface area (Å²) in [5, 5.41) is 1.94. The van der Waals surface area contributed by atoms with E-state index in [2.05, 4.69) is 15.0 Å². The van der Waals surface area contributed by atoms with Crippen LogP contribution in [0.5, 0.6) is 0 Å². The number of fused-ring (bicyclic) bond motifs is 1. The van der Waals surface area contributed by atoms with E-state index < -0.39 is 0 Å². The van der Waals surface area contributed by atoms with Gasteiger partial charge in [0.1, 0.15) is 6.33 Å². The van der Waals surface area contributed by atoms with Gasteiger partial charge in [0.15, 0.2) is 5.82 Å². The van der Waals surface area contributed by atoms with Crippen LogP contribution in [-0.4, -0.2) is 27.9 Å². The lowest BCUT2D eigenvalue weighted by atomic mass is 10.2. The molecule has 0 radical (unpaired) electrons. The first-order chi connectivity index (χ1) is 10.3. The van der Waals surface area contributed by atoms with Crippen LogP contribution >= 0.6 is 11.3 Å². The number of aromatic nitrogens is 3. The molecular formula is C15H12N4OS. The van der Waals surface area contributed by atoms with Crippen molar-refractivity contribution in [2.24, 2.45) is 0 Å². The molecule has 0 saturated heterocycles. The molecule has 3 heterocycles. The first-order valence-electron chi connectivity index (χ1n) is 6.30. The SMILES string of the molecule is CN(C(=O)C=Cc1cccnc1)c1ncnc2ccsc12. The maximum absolute atomic E-state index is 12.2. The van der Waals surface area contributed by atoms with Gasteiger partial charge in [0.2, 0.25) is 0 Å². The highest BCUT2D eigenvalue weighted by molar-refractivity contribution is 7.17. The van der Waals surface area contributed by atoms with Gasteiger partial charge in [0.25, 0.3) is 5.91 Å². The molecule has 0 bridgehead atoms. The standard InChI is InChI=1S/C15H12N4OS/c1-19(13(20)5-4-11-3-2-7-16-9-11)15-14-12(6-8-21-14)17-10-18-15/h2-10H,1H3. The van der Waals surface area contributed by atoms with Crippen LogP contribution in [0.25, 0.3) is 16.3 Å². The number of anilines is 1. The summed E-state index contributed by atoms with van der Waals surface area (Å²) in [5.74, 6) is 0.475. The molecule has 3 aromatic rings. The second kappa shape index (κ2) is 5.80. The normalized spacial score (nSPS) is 11.1. The Hall–Kier alpha value is -2.60. The fourth-order valence-electron chi connectivity index (χ4n) is 1.87. The van der Waals surface area contributed by atoms with E-state index in [1.54, 1.807) is 25.5 Å². The lowest BCUT2D eigenvalue weighted by Crippen LogP contribution is -2.25. The van der Waals surface area contributed by atoms with Crippen LogP contribution in [0.15, 0.2) is 48.4 Å². The van der Waals surface area contributed by atoms with Gasteiger partial charge in [-0.2, -0.15) is 0 Å². The number of likely N-dealkylation sites (N-methyl/N-ethyl adjacent to an activating group) is 1. The highest BCUT2D eigenvalue weighted by Crippen LogP contribution is 2.27. The molecule has 1 amide bonds. The predicted molar refractivity (Wildman–Crippen MR) is 84.1 cm³/mol. The van der Waals surface area contributed by atoms with Crippen molar-refractivity contribution in [1.82, 2.24) is 15.0 Å². The van der Waals surface area contributed by atoms with Gasteiger partial charge in [-0.25, -0.2) is 9.97 Å². The summed E-state index contributed by atoms with van der Waals surface area (Å²) in [6.07, 6.45) is 8.11. The number of nitrogens with zero attached hydrogens (tertiary/aromatic N) is 4. The third kappa shape index (κ3) is 2.80. The van der Waals surface area contributed by atoms with Crippen molar-refractivity contribution in [3.8, 4) is 0 Å². The minimum Gasteiger partial charge on any atom is -0.295 e. The van der Waals surface area contributed by atoms with E-state index in [-0.39, 0.29) is 5.91 Å². The van der Waals surface area contributed by atoms with Crippen LogP contribution in [0.2, 0.25) is 0 Å². The van der Waals surface area contributed by atoms with Crippen molar-refractivity contribution in [2.75, 3.05) is 11.9 Å². The summed E-state index contributed by atoms with van der Waals surface area (Å²) in [6.45, 7) is 0. The maximum atomic E-state index is 12.2. The number of pyridine rings is 1. The topological polar surface area (TPSA) is 59.0 Å². The summed E-state index contributed by atoms with van der Waals surface area (Å²) >= 11 is 1.52. The minimum atomic E-state index is -0.146. The molecule has 0 aliphatic heterocycles. The summed E-state index contributed by atoms with van der Waals surface area (Å²) in [7, 11) is 1.71. The fourth-order valence-corrected chi connectivity index (χ4v) is 2.74. The monoisotopic (exact) mass is 296 g/mol. The molecule has 0 aliphatic carbocycles. The van der Waals surface area contributed by atoms with Gasteiger partial charge in [-0.05, 0) is 29.2 Å². The molecule has 3 rings (SSSR count). The summed E-state index contributed by atoms with van der Waals surface area (Å²) in [5.41, 5.74) is 1.73. The van der Waals surface area contributed by atoms with E-state index in [0.29, 0.717) is 5.82 Å². The van der Waals surface area contributed by atoms with Gasteiger partial charge in [-0.1, -0.05) is 6.07 Å². The van der Waals surface area contributed by atoms with E-state index in [1.807, 2.05) is 23.6 Å². The Bertz CT molecular complexity index is 798. The van der Waals surface area contributed by atoms with Crippen molar-refractivity contribution in [1.29, 1.82) is 0 Å². The van der Waals surface area contributed by atoms with Crippen LogP contribution in [0.1, 0.15) is 5.56 Å². The largest absolute Gasteiger partial charge is 0.295 e. The Morgan fingerprint density at radius 1 is 1.33 bits per heavy atom. The van der Waals surface area contributed by atoms with Crippen molar-refractivity contribution in [3.63, 3.8) is 0 Å². The molecule has 0 spiro atoms. The number of rotatable bonds is 3. The minimum absolute atomic E-state index is 0.146. The van der Waals surface area contributed by atoms with E-state index in [4.69, 9.17) is 0 Å². The smallest absolute Gasteiger partial charge is 0.251 e. The summed E-state index contributed by atoms with van der Waals surface area (Å²) in [6, 6.07) is 5.63. The van der Waals surface area contributed by atoms with E-state index in [1.165, 1.54) is 28.6 Å². The molecule has 0 aliphatic rings. The number of carbonyl (C=O) groups excluding carboxylic acids is 1. The lowest BCUT2D eigenvalue weighted by Gasteiger charge is -2.14. The zero-order valence-electron chi connectivity index (χ0n) is 11.3. The second-order valence-corrected chi connectivity index (χ2v) is 5.27. The molecule has 5 nitrogen and oxygen atoms in total. The molecule has 0 N–H and O–H groups in total. The van der Waals surface area contributed by atoms with Crippen molar-refractivity contribution < 1.29 is 4.79 Å². The number of hydrogen-bond acceptors (Lipinski definition) is 5. The van der Waals surface area contributed by atoms with Gasteiger partial charge < -0.3 is 0 Å². The van der Waals surface area contributed by atoms with Crippen LogP contribution < -0.4 is 4.90 Å². The number of thiophene rings is 1. The Kier molecular flexibility index (Phi) is 3.70. The zero-order chi connectivity index (χ0) is 14.7. The van der Waals surface area contributed by atoms with Crippen LogP contribution in [-0.2, 0) is 4.79 Å². The Morgan fingerprint density at radius 3 is 3.05 bits per heavy atom. The van der Waals surface area contributed by atoms with Gasteiger partial charge in [0.05, 0.1) is 10.2 Å². The second-order valence-electron chi connectivity index (χ2n) is 4.35. The third-order valence-corrected chi connectivity index (χ3v) is 3.88. The maximum Gasteiger partial charge on any atom is 0.251 e. The van der Waals surface area contributed by atoms with Gasteiger partial charge >= 0.3 is 0 Å². The first-order valence-corrected chi connectivity index (χ1v) is 7.17. The third-order valence-electron chi connectivity index (χ3n) is 2.98. The molecule has 6 heteroatoms. The molecular weight excluding hydrogens is 284 g/mol. The first kappa shape index (κ1) is 13.4. The predicted octanol–water partition coefficient (Wildman–Crippen LogP) is 2.76. The Balaban J connectivity index is 1.85. The van der Waals surface area contributed by atoms with Gasteiger partial charge in [-0.15, -0.1) is 11.3 Å². The summed E-state index contributed by atoms with van der Waals surface area (Å²) < 4.78 is 0.906. The molecule has 0 aromatic carbocycles. The summed E-state index contributed by atoms with van der Waals surface area (Å²) in [4.78, 5) is 26.2.